The Kier molecular flexibility index (Phi) is 8.57. The first kappa shape index (κ1) is 19.2. The number of nitrogens with zero attached hydrogens (tertiary/aromatic N) is 1. The van der Waals surface area contributed by atoms with Gasteiger partial charge in [0.15, 0.2) is 0 Å². The highest BCUT2D eigenvalue weighted by Gasteiger charge is 2.16. The monoisotopic (exact) mass is 332 g/mol. The maximum absolute atomic E-state index is 5.47. The molecular formula is C20H36N4. The SMILES string of the molecule is Cc1c2c(c(C)n1CCCNCCCCNCCCN)CCC=C2. The lowest BCUT2D eigenvalue weighted by molar-refractivity contribution is 0.541. The summed E-state index contributed by atoms with van der Waals surface area (Å²) in [7, 11) is 0. The fourth-order valence-corrected chi connectivity index (χ4v) is 3.61. The van der Waals surface area contributed by atoms with E-state index in [0.29, 0.717) is 0 Å². The van der Waals surface area contributed by atoms with Gasteiger partial charge in [-0.25, -0.2) is 0 Å². The van der Waals surface area contributed by atoms with E-state index < -0.39 is 0 Å². The van der Waals surface area contributed by atoms with Gasteiger partial charge in [0.05, 0.1) is 0 Å². The van der Waals surface area contributed by atoms with E-state index in [9.17, 15) is 0 Å². The molecule has 0 aromatic carbocycles. The Morgan fingerprint density at radius 3 is 2.29 bits per heavy atom. The van der Waals surface area contributed by atoms with Gasteiger partial charge < -0.3 is 20.9 Å². The highest BCUT2D eigenvalue weighted by atomic mass is 15.0. The third-order valence-electron chi connectivity index (χ3n) is 5.06. The molecule has 1 aromatic heterocycles. The number of aromatic nitrogens is 1. The van der Waals surface area contributed by atoms with E-state index in [-0.39, 0.29) is 0 Å². The van der Waals surface area contributed by atoms with Crippen LogP contribution in [-0.2, 0) is 13.0 Å². The molecule has 0 saturated carbocycles. The van der Waals surface area contributed by atoms with E-state index in [0.717, 1.165) is 45.7 Å². The van der Waals surface area contributed by atoms with E-state index in [2.05, 4.69) is 41.2 Å². The highest BCUT2D eigenvalue weighted by Crippen LogP contribution is 2.28. The van der Waals surface area contributed by atoms with Gasteiger partial charge in [-0.2, -0.15) is 0 Å². The van der Waals surface area contributed by atoms with Crippen molar-refractivity contribution in [3.63, 3.8) is 0 Å². The number of unbranched alkanes of at least 4 members (excludes halogenated alkanes) is 1. The first-order valence-corrected chi connectivity index (χ1v) is 9.72. The number of hydrogen-bond acceptors (Lipinski definition) is 3. The van der Waals surface area contributed by atoms with Gasteiger partial charge in [-0.05, 0) is 96.2 Å². The second kappa shape index (κ2) is 10.7. The number of hydrogen-bond donors (Lipinski definition) is 3. The van der Waals surface area contributed by atoms with Crippen molar-refractivity contribution in [2.24, 2.45) is 5.73 Å². The Hall–Kier alpha value is -1.10. The maximum atomic E-state index is 5.47. The van der Waals surface area contributed by atoms with Gasteiger partial charge in [-0.1, -0.05) is 12.2 Å². The summed E-state index contributed by atoms with van der Waals surface area (Å²) in [6, 6.07) is 0. The first-order valence-electron chi connectivity index (χ1n) is 9.72. The summed E-state index contributed by atoms with van der Waals surface area (Å²) in [6.45, 7) is 10.9. The zero-order valence-electron chi connectivity index (χ0n) is 15.7. The van der Waals surface area contributed by atoms with Gasteiger partial charge in [0.25, 0.3) is 0 Å². The quantitative estimate of drug-likeness (QED) is 0.516. The van der Waals surface area contributed by atoms with Crippen LogP contribution in [0.5, 0.6) is 0 Å². The van der Waals surface area contributed by atoms with Crippen LogP contribution in [0.3, 0.4) is 0 Å². The lowest BCUT2D eigenvalue weighted by Crippen LogP contribution is -2.22. The highest BCUT2D eigenvalue weighted by molar-refractivity contribution is 5.61. The van der Waals surface area contributed by atoms with Crippen molar-refractivity contribution in [1.82, 2.24) is 15.2 Å². The maximum Gasteiger partial charge on any atom is 0.0237 e. The third-order valence-corrected chi connectivity index (χ3v) is 5.06. The lowest BCUT2D eigenvalue weighted by Gasteiger charge is -2.10. The van der Waals surface area contributed by atoms with E-state index in [1.54, 1.807) is 5.56 Å². The summed E-state index contributed by atoms with van der Waals surface area (Å²) in [6.07, 6.45) is 11.8. The minimum absolute atomic E-state index is 0.786. The molecule has 4 heteroatoms. The Morgan fingerprint density at radius 1 is 0.958 bits per heavy atom. The number of rotatable bonds is 12. The number of fused-ring (bicyclic) bond motifs is 1. The van der Waals surface area contributed by atoms with Crippen LogP contribution >= 0.6 is 0 Å². The van der Waals surface area contributed by atoms with E-state index in [4.69, 9.17) is 5.73 Å². The van der Waals surface area contributed by atoms with Gasteiger partial charge in [-0.15, -0.1) is 0 Å². The Morgan fingerprint density at radius 2 is 1.62 bits per heavy atom. The molecule has 24 heavy (non-hydrogen) atoms. The molecular weight excluding hydrogens is 296 g/mol. The fourth-order valence-electron chi connectivity index (χ4n) is 3.61. The second-order valence-electron chi connectivity index (χ2n) is 6.86. The minimum Gasteiger partial charge on any atom is -0.348 e. The molecule has 0 aliphatic heterocycles. The molecule has 0 atom stereocenters. The predicted molar refractivity (Wildman–Crippen MR) is 105 cm³/mol. The zero-order chi connectivity index (χ0) is 17.2. The van der Waals surface area contributed by atoms with Gasteiger partial charge >= 0.3 is 0 Å². The van der Waals surface area contributed by atoms with Crippen LogP contribution in [-0.4, -0.2) is 37.3 Å². The Labute approximate surface area is 147 Å². The van der Waals surface area contributed by atoms with E-state index in [1.165, 1.54) is 49.1 Å². The first-order chi connectivity index (χ1) is 11.8. The molecule has 0 fully saturated rings. The molecule has 0 unspecified atom stereocenters. The summed E-state index contributed by atoms with van der Waals surface area (Å²) >= 11 is 0. The summed E-state index contributed by atoms with van der Waals surface area (Å²) in [4.78, 5) is 0. The predicted octanol–water partition coefficient (Wildman–Crippen LogP) is 2.76. The molecule has 1 aliphatic carbocycles. The van der Waals surface area contributed by atoms with Crippen LogP contribution in [0.15, 0.2) is 6.08 Å². The van der Waals surface area contributed by atoms with Gasteiger partial charge in [0.2, 0.25) is 0 Å². The molecule has 4 N–H and O–H groups in total. The molecule has 0 radical (unpaired) electrons. The third kappa shape index (κ3) is 5.47. The van der Waals surface area contributed by atoms with Crippen LogP contribution < -0.4 is 16.4 Å². The fraction of sp³-hybridized carbons (Fsp3) is 0.700. The van der Waals surface area contributed by atoms with Crippen molar-refractivity contribution in [1.29, 1.82) is 0 Å². The van der Waals surface area contributed by atoms with Crippen LogP contribution in [0.2, 0.25) is 0 Å². The lowest BCUT2D eigenvalue weighted by atomic mass is 9.99. The normalized spacial score (nSPS) is 13.5. The molecule has 1 heterocycles. The molecule has 2 rings (SSSR count). The van der Waals surface area contributed by atoms with Crippen LogP contribution in [0.1, 0.15) is 54.6 Å². The van der Waals surface area contributed by atoms with Crippen LogP contribution in [0.4, 0.5) is 0 Å². The smallest absolute Gasteiger partial charge is 0.0237 e. The summed E-state index contributed by atoms with van der Waals surface area (Å²) in [5, 5.41) is 7.01. The molecule has 136 valence electrons. The zero-order valence-corrected chi connectivity index (χ0v) is 15.7. The Balaban J connectivity index is 1.57. The van der Waals surface area contributed by atoms with Crippen molar-refractivity contribution >= 4 is 6.08 Å². The van der Waals surface area contributed by atoms with Gasteiger partial charge in [0, 0.05) is 17.9 Å². The largest absolute Gasteiger partial charge is 0.348 e. The number of nitrogens with one attached hydrogen (secondary N) is 2. The van der Waals surface area contributed by atoms with Gasteiger partial charge in [0.1, 0.15) is 0 Å². The average Bonchev–Trinajstić information content (AvgIpc) is 2.84. The summed E-state index contributed by atoms with van der Waals surface area (Å²) in [5.41, 5.74) is 11.5. The summed E-state index contributed by atoms with van der Waals surface area (Å²) in [5.74, 6) is 0. The van der Waals surface area contributed by atoms with Gasteiger partial charge in [-0.3, -0.25) is 0 Å². The topological polar surface area (TPSA) is 55.0 Å². The van der Waals surface area contributed by atoms with E-state index >= 15 is 0 Å². The molecule has 1 aliphatic rings. The van der Waals surface area contributed by atoms with Crippen molar-refractivity contribution in [2.75, 3.05) is 32.7 Å². The van der Waals surface area contributed by atoms with E-state index in [1.807, 2.05) is 0 Å². The van der Waals surface area contributed by atoms with Crippen LogP contribution in [0, 0.1) is 13.8 Å². The molecule has 0 bridgehead atoms. The van der Waals surface area contributed by atoms with Crippen molar-refractivity contribution in [3.8, 4) is 0 Å². The second-order valence-corrected chi connectivity index (χ2v) is 6.86. The molecule has 0 amide bonds. The average molecular weight is 333 g/mol. The van der Waals surface area contributed by atoms with Crippen molar-refractivity contribution in [2.45, 2.75) is 58.9 Å². The summed E-state index contributed by atoms with van der Waals surface area (Å²) < 4.78 is 2.52. The minimum atomic E-state index is 0.786. The Bertz CT molecular complexity index is 516. The molecule has 0 saturated heterocycles. The number of nitrogens with two attached hydrogens (primary N) is 1. The standard InChI is InChI=1S/C20H36N4/c1-17-19-9-3-4-10-20(19)18(2)24(17)16-8-15-23-13-6-5-12-22-14-7-11-21/h3,9,22-23H,4-8,10-16,21H2,1-2H3. The molecule has 4 nitrogen and oxygen atoms in total. The molecule has 0 spiro atoms. The van der Waals surface area contributed by atoms with Crippen molar-refractivity contribution < 1.29 is 0 Å². The van der Waals surface area contributed by atoms with Crippen molar-refractivity contribution in [3.05, 3.63) is 28.6 Å². The number of allylic oxidation sites excluding steroid dienone is 1. The van der Waals surface area contributed by atoms with Crippen LogP contribution in [0.25, 0.3) is 6.08 Å². The molecule has 1 aromatic rings.